The Hall–Kier alpha value is -2.94. The lowest BCUT2D eigenvalue weighted by Gasteiger charge is -2.26. The molecule has 0 radical (unpaired) electrons. The number of amides is 1. The van der Waals surface area contributed by atoms with Crippen LogP contribution in [0.1, 0.15) is 41.5 Å². The molecule has 0 saturated carbocycles. The highest BCUT2D eigenvalue weighted by Crippen LogP contribution is 2.36. The van der Waals surface area contributed by atoms with Crippen LogP contribution < -0.4 is 10.2 Å². The fourth-order valence-electron chi connectivity index (χ4n) is 4.85. The SMILES string of the molecule is Cc1cc(N2CC[C@](C)(c3ccccc3)C2)cn2nc(C(=O)NC3CCS(=N)(=O)C3)nc12. The Morgan fingerprint density at radius 1 is 1.31 bits per heavy atom. The Labute approximate surface area is 188 Å². The minimum absolute atomic E-state index is 0.0927. The molecule has 32 heavy (non-hydrogen) atoms. The van der Waals surface area contributed by atoms with Crippen LogP contribution in [0.5, 0.6) is 0 Å². The van der Waals surface area contributed by atoms with Gasteiger partial charge in [0.1, 0.15) is 0 Å². The van der Waals surface area contributed by atoms with Gasteiger partial charge in [-0.2, -0.15) is 0 Å². The molecule has 2 aromatic heterocycles. The van der Waals surface area contributed by atoms with E-state index < -0.39 is 9.73 Å². The van der Waals surface area contributed by atoms with Crippen molar-refractivity contribution in [3.8, 4) is 0 Å². The van der Waals surface area contributed by atoms with Gasteiger partial charge in [0, 0.05) is 40.0 Å². The standard InChI is InChI=1S/C23H28N6O2S/c1-16-12-19(28-10-9-23(2,15-28)17-6-4-3-5-7-17)13-29-21(16)26-20(27-29)22(30)25-18-8-11-32(24,31)14-18/h3-7,12-13,18,24H,8-11,14-15H2,1-2H3,(H,25,30)/t18?,23-,32?/m0/s1. The van der Waals surface area contributed by atoms with E-state index in [1.54, 1.807) is 4.52 Å². The van der Waals surface area contributed by atoms with Crippen LogP contribution in [0, 0.1) is 11.7 Å². The van der Waals surface area contributed by atoms with Gasteiger partial charge in [-0.1, -0.05) is 37.3 Å². The molecule has 8 nitrogen and oxygen atoms in total. The summed E-state index contributed by atoms with van der Waals surface area (Å²) < 4.78 is 21.3. The van der Waals surface area contributed by atoms with Gasteiger partial charge in [0.25, 0.3) is 5.91 Å². The van der Waals surface area contributed by atoms with Gasteiger partial charge < -0.3 is 10.2 Å². The molecule has 2 fully saturated rings. The number of hydrogen-bond donors (Lipinski definition) is 2. The first-order chi connectivity index (χ1) is 15.2. The molecule has 1 aromatic carbocycles. The lowest BCUT2D eigenvalue weighted by molar-refractivity contribution is 0.0931. The Bertz CT molecular complexity index is 1290. The zero-order valence-electron chi connectivity index (χ0n) is 18.4. The van der Waals surface area contributed by atoms with Gasteiger partial charge >= 0.3 is 0 Å². The van der Waals surface area contributed by atoms with Crippen LogP contribution in [-0.2, 0) is 15.1 Å². The third kappa shape index (κ3) is 3.85. The predicted molar refractivity (Wildman–Crippen MR) is 125 cm³/mol. The normalized spacial score (nSPS) is 27.8. The van der Waals surface area contributed by atoms with Gasteiger partial charge in [-0.25, -0.2) is 13.7 Å². The highest BCUT2D eigenvalue weighted by Gasteiger charge is 2.35. The van der Waals surface area contributed by atoms with Crippen LogP contribution in [0.2, 0.25) is 0 Å². The second-order valence-electron chi connectivity index (χ2n) is 9.32. The van der Waals surface area contributed by atoms with Crippen molar-refractivity contribution in [2.45, 2.75) is 38.1 Å². The second kappa shape index (κ2) is 7.58. The van der Waals surface area contributed by atoms with Crippen LogP contribution in [0.25, 0.3) is 5.65 Å². The smallest absolute Gasteiger partial charge is 0.291 e. The topological polar surface area (TPSA) is 103 Å². The first kappa shape index (κ1) is 20.9. The molecule has 4 heterocycles. The number of hydrogen-bond acceptors (Lipinski definition) is 6. The molecule has 2 unspecified atom stereocenters. The summed E-state index contributed by atoms with van der Waals surface area (Å²) in [6, 6.07) is 12.5. The highest BCUT2D eigenvalue weighted by atomic mass is 32.2. The molecule has 168 valence electrons. The number of carbonyl (C=O) groups is 1. The van der Waals surface area contributed by atoms with Crippen molar-refractivity contribution in [2.24, 2.45) is 0 Å². The van der Waals surface area contributed by atoms with E-state index in [1.165, 1.54) is 5.56 Å². The number of fused-ring (bicyclic) bond motifs is 1. The predicted octanol–water partition coefficient (Wildman–Crippen LogP) is 2.75. The number of benzene rings is 1. The molecular formula is C23H28N6O2S. The van der Waals surface area contributed by atoms with Crippen LogP contribution in [-0.4, -0.2) is 55.4 Å². The lowest BCUT2D eigenvalue weighted by atomic mass is 9.82. The van der Waals surface area contributed by atoms with Crippen LogP contribution in [0.15, 0.2) is 42.6 Å². The Kier molecular flexibility index (Phi) is 4.96. The quantitative estimate of drug-likeness (QED) is 0.634. The van der Waals surface area contributed by atoms with E-state index in [-0.39, 0.29) is 28.9 Å². The van der Waals surface area contributed by atoms with Gasteiger partial charge in [-0.15, -0.1) is 5.10 Å². The highest BCUT2D eigenvalue weighted by molar-refractivity contribution is 7.92. The summed E-state index contributed by atoms with van der Waals surface area (Å²) in [7, 11) is -2.57. The average molecular weight is 453 g/mol. The van der Waals surface area contributed by atoms with E-state index in [2.05, 4.69) is 57.6 Å². The molecule has 2 saturated heterocycles. The van der Waals surface area contributed by atoms with Crippen molar-refractivity contribution < 1.29 is 9.00 Å². The molecule has 3 atom stereocenters. The Morgan fingerprint density at radius 2 is 2.09 bits per heavy atom. The molecule has 2 aliphatic heterocycles. The third-order valence-corrected chi connectivity index (χ3v) is 8.55. The lowest BCUT2D eigenvalue weighted by Crippen LogP contribution is -2.36. The molecule has 0 aliphatic carbocycles. The first-order valence-corrected chi connectivity index (χ1v) is 12.8. The van der Waals surface area contributed by atoms with Crippen LogP contribution >= 0.6 is 0 Å². The summed E-state index contributed by atoms with van der Waals surface area (Å²) in [6.07, 6.45) is 3.56. The molecule has 2 aliphatic rings. The number of anilines is 1. The summed E-state index contributed by atoms with van der Waals surface area (Å²) in [5, 5.41) is 7.27. The number of nitrogens with one attached hydrogen (secondary N) is 2. The molecular weight excluding hydrogens is 424 g/mol. The Morgan fingerprint density at radius 3 is 2.81 bits per heavy atom. The van der Waals surface area contributed by atoms with Crippen molar-refractivity contribution in [1.29, 1.82) is 4.78 Å². The van der Waals surface area contributed by atoms with Crippen molar-refractivity contribution in [2.75, 3.05) is 29.5 Å². The van der Waals surface area contributed by atoms with Crippen LogP contribution in [0.4, 0.5) is 5.69 Å². The first-order valence-electron chi connectivity index (χ1n) is 10.9. The zero-order valence-corrected chi connectivity index (χ0v) is 19.2. The summed E-state index contributed by atoms with van der Waals surface area (Å²) in [5.74, 6) is 0.250. The number of carbonyl (C=O) groups excluding carboxylic acids is 1. The maximum absolute atomic E-state index is 12.7. The van der Waals surface area contributed by atoms with E-state index in [4.69, 9.17) is 4.78 Å². The number of nitrogens with zero attached hydrogens (tertiary/aromatic N) is 4. The maximum Gasteiger partial charge on any atom is 0.291 e. The fourth-order valence-corrected chi connectivity index (χ4v) is 6.58. The molecule has 9 heteroatoms. The van der Waals surface area contributed by atoms with Crippen molar-refractivity contribution in [1.82, 2.24) is 19.9 Å². The number of aromatic nitrogens is 3. The van der Waals surface area contributed by atoms with Crippen molar-refractivity contribution in [3.05, 3.63) is 59.5 Å². The largest absolute Gasteiger partial charge is 0.369 e. The monoisotopic (exact) mass is 452 g/mol. The minimum Gasteiger partial charge on any atom is -0.369 e. The summed E-state index contributed by atoms with van der Waals surface area (Å²) in [4.78, 5) is 19.5. The number of rotatable bonds is 4. The molecule has 0 bridgehead atoms. The van der Waals surface area contributed by atoms with Crippen molar-refractivity contribution in [3.63, 3.8) is 0 Å². The van der Waals surface area contributed by atoms with E-state index in [1.807, 2.05) is 19.2 Å². The number of aryl methyl sites for hydroxylation is 1. The third-order valence-electron chi connectivity index (χ3n) is 6.72. The summed E-state index contributed by atoms with van der Waals surface area (Å²) in [5.41, 5.74) is 4.12. The van der Waals surface area contributed by atoms with Gasteiger partial charge in [-0.3, -0.25) is 9.57 Å². The average Bonchev–Trinajstić information content (AvgIpc) is 3.46. The molecule has 2 N–H and O–H groups in total. The van der Waals surface area contributed by atoms with Gasteiger partial charge in [0.05, 0.1) is 17.6 Å². The van der Waals surface area contributed by atoms with Crippen LogP contribution in [0.3, 0.4) is 0 Å². The maximum atomic E-state index is 12.7. The van der Waals surface area contributed by atoms with E-state index in [0.717, 1.165) is 30.8 Å². The van der Waals surface area contributed by atoms with Gasteiger partial charge in [0.2, 0.25) is 5.82 Å². The van der Waals surface area contributed by atoms with E-state index >= 15 is 0 Å². The van der Waals surface area contributed by atoms with E-state index in [9.17, 15) is 9.00 Å². The van der Waals surface area contributed by atoms with Gasteiger partial charge in [-0.05, 0) is 37.0 Å². The zero-order chi connectivity index (χ0) is 22.5. The molecule has 1 amide bonds. The Balaban J connectivity index is 1.37. The van der Waals surface area contributed by atoms with Crippen molar-refractivity contribution >= 4 is 27.0 Å². The second-order valence-corrected chi connectivity index (χ2v) is 11.7. The van der Waals surface area contributed by atoms with Gasteiger partial charge in [0.15, 0.2) is 5.65 Å². The summed E-state index contributed by atoms with van der Waals surface area (Å²) >= 11 is 0. The fraction of sp³-hybridized carbons (Fsp3) is 0.435. The molecule has 0 spiro atoms. The molecule has 3 aromatic rings. The summed E-state index contributed by atoms with van der Waals surface area (Å²) in [6.45, 7) is 6.15. The number of pyridine rings is 1. The minimum atomic E-state index is -2.57. The molecule has 5 rings (SSSR count). The van der Waals surface area contributed by atoms with E-state index in [0.29, 0.717) is 17.8 Å².